The number of fused-ring (bicyclic) bond motifs is 1. The molecule has 124 valence electrons. The lowest BCUT2D eigenvalue weighted by molar-refractivity contribution is -0.520. The molecule has 24 heavy (non-hydrogen) atoms. The van der Waals surface area contributed by atoms with Gasteiger partial charge in [0.2, 0.25) is 6.54 Å². The summed E-state index contributed by atoms with van der Waals surface area (Å²) in [4.78, 5) is 15.0. The summed E-state index contributed by atoms with van der Waals surface area (Å²) in [6.45, 7) is 2.66. The topological polar surface area (TPSA) is 65.3 Å². The van der Waals surface area contributed by atoms with Crippen molar-refractivity contribution in [3.63, 3.8) is 0 Å². The second-order valence-corrected chi connectivity index (χ2v) is 5.81. The Labute approximate surface area is 140 Å². The molecule has 0 saturated heterocycles. The maximum Gasteiger partial charge on any atom is 0.202 e. The second kappa shape index (κ2) is 6.74. The van der Waals surface area contributed by atoms with Crippen molar-refractivity contribution in [1.29, 1.82) is 0 Å². The van der Waals surface area contributed by atoms with Gasteiger partial charge < -0.3 is 14.8 Å². The second-order valence-electron chi connectivity index (χ2n) is 5.81. The van der Waals surface area contributed by atoms with Crippen molar-refractivity contribution >= 4 is 10.9 Å². The van der Waals surface area contributed by atoms with Gasteiger partial charge in [-0.25, -0.2) is 0 Å². The predicted molar refractivity (Wildman–Crippen MR) is 93.8 cm³/mol. The first-order valence-corrected chi connectivity index (χ1v) is 8.00. The number of aromatic hydroxyl groups is 1. The number of H-pyrrole nitrogens is 1. The van der Waals surface area contributed by atoms with Gasteiger partial charge in [-0.1, -0.05) is 24.3 Å². The number of benzene rings is 2. The molecule has 0 unspecified atom stereocenters. The van der Waals surface area contributed by atoms with Crippen molar-refractivity contribution in [3.05, 3.63) is 64.7 Å². The third kappa shape index (κ3) is 3.11. The summed E-state index contributed by atoms with van der Waals surface area (Å²) >= 11 is 0. The minimum absolute atomic E-state index is 0.105. The monoisotopic (exact) mass is 325 g/mol. The molecule has 1 aromatic heterocycles. The summed E-state index contributed by atoms with van der Waals surface area (Å²) in [5.41, 5.74) is 3.03. The highest BCUT2D eigenvalue weighted by atomic mass is 16.5. The van der Waals surface area contributed by atoms with Gasteiger partial charge in [0, 0.05) is 22.0 Å². The summed E-state index contributed by atoms with van der Waals surface area (Å²) < 4.78 is 6.42. The van der Waals surface area contributed by atoms with Gasteiger partial charge in [-0.3, -0.25) is 0 Å². The SMILES string of the molecule is CCOc1cc([C@H](C[N+](C)=O)c2c[nH]c3ccccc23)ccc1O. The summed E-state index contributed by atoms with van der Waals surface area (Å²) in [6.07, 6.45) is 1.95. The number of ether oxygens (including phenoxy) is 1. The van der Waals surface area contributed by atoms with Crippen LogP contribution in [0.1, 0.15) is 24.0 Å². The van der Waals surface area contributed by atoms with E-state index < -0.39 is 0 Å². The standard InChI is InChI=1S/C19H20N2O3/c1-3-24-19-10-13(8-9-18(19)22)16(12-21(2)23)15-11-20-17-7-5-4-6-14(15)17/h4-11,16,20H,3,12H2,1-2H3/p+1/t16-/m0/s1. The van der Waals surface area contributed by atoms with Crippen molar-refractivity contribution < 1.29 is 14.6 Å². The first-order valence-electron chi connectivity index (χ1n) is 8.00. The molecule has 0 fully saturated rings. The molecule has 2 N–H and O–H groups in total. The van der Waals surface area contributed by atoms with Crippen LogP contribution in [0.3, 0.4) is 0 Å². The number of hydrogen-bond donors (Lipinski definition) is 2. The van der Waals surface area contributed by atoms with Crippen LogP contribution >= 0.6 is 0 Å². The lowest BCUT2D eigenvalue weighted by Crippen LogP contribution is -2.15. The highest BCUT2D eigenvalue weighted by Gasteiger charge is 2.24. The first-order chi connectivity index (χ1) is 11.6. The minimum Gasteiger partial charge on any atom is -0.504 e. The van der Waals surface area contributed by atoms with E-state index in [4.69, 9.17) is 4.74 Å². The maximum absolute atomic E-state index is 11.8. The number of aromatic amines is 1. The largest absolute Gasteiger partial charge is 0.504 e. The molecule has 1 atom stereocenters. The summed E-state index contributed by atoms with van der Waals surface area (Å²) in [6, 6.07) is 13.3. The van der Waals surface area contributed by atoms with E-state index in [1.165, 1.54) is 7.05 Å². The fourth-order valence-corrected chi connectivity index (χ4v) is 3.04. The number of para-hydroxylation sites is 1. The molecule has 0 bridgehead atoms. The van der Waals surface area contributed by atoms with E-state index in [1.54, 1.807) is 6.07 Å². The molecule has 0 radical (unpaired) electrons. The van der Waals surface area contributed by atoms with Crippen molar-refractivity contribution in [3.8, 4) is 11.5 Å². The average molecular weight is 325 g/mol. The molecule has 5 heteroatoms. The van der Waals surface area contributed by atoms with E-state index in [9.17, 15) is 10.0 Å². The molecule has 3 aromatic rings. The highest BCUT2D eigenvalue weighted by molar-refractivity contribution is 5.84. The smallest absolute Gasteiger partial charge is 0.202 e. The van der Waals surface area contributed by atoms with Gasteiger partial charge in [0.15, 0.2) is 18.5 Å². The quantitative estimate of drug-likeness (QED) is 0.677. The Morgan fingerprint density at radius 3 is 2.79 bits per heavy atom. The summed E-state index contributed by atoms with van der Waals surface area (Å²) in [5, 5.41) is 11.0. The molecule has 0 aliphatic heterocycles. The number of phenolic OH excluding ortho intramolecular Hbond substituents is 1. The summed E-state index contributed by atoms with van der Waals surface area (Å²) in [7, 11) is 1.52. The van der Waals surface area contributed by atoms with Crippen LogP contribution in [-0.2, 0) is 0 Å². The van der Waals surface area contributed by atoms with Crippen molar-refractivity contribution in [2.24, 2.45) is 0 Å². The number of rotatable bonds is 6. The molecule has 0 amide bonds. The molecule has 3 rings (SSSR count). The zero-order valence-corrected chi connectivity index (χ0v) is 13.8. The van der Waals surface area contributed by atoms with Gasteiger partial charge in [0.1, 0.15) is 0 Å². The average Bonchev–Trinajstić information content (AvgIpc) is 2.99. The third-order valence-corrected chi connectivity index (χ3v) is 4.12. The van der Waals surface area contributed by atoms with Crippen LogP contribution in [0.25, 0.3) is 10.9 Å². The van der Waals surface area contributed by atoms with Crippen LogP contribution in [0.15, 0.2) is 48.7 Å². The molecule has 1 heterocycles. The third-order valence-electron chi connectivity index (χ3n) is 4.12. The molecular formula is C19H21N2O3+. The molecule has 0 saturated carbocycles. The van der Waals surface area contributed by atoms with Crippen LogP contribution in [0.4, 0.5) is 0 Å². The number of likely N-dealkylation sites (N-methyl/N-ethyl adjacent to an activating group) is 1. The first kappa shape index (κ1) is 16.1. The van der Waals surface area contributed by atoms with E-state index >= 15 is 0 Å². The highest BCUT2D eigenvalue weighted by Crippen LogP contribution is 2.35. The fourth-order valence-electron chi connectivity index (χ4n) is 3.04. The predicted octanol–water partition coefficient (Wildman–Crippen LogP) is 3.81. The number of hydrogen-bond acceptors (Lipinski definition) is 3. The Balaban J connectivity index is 2.10. The van der Waals surface area contributed by atoms with E-state index in [2.05, 4.69) is 4.98 Å². The number of nitrogens with one attached hydrogen (secondary N) is 1. The molecule has 2 aromatic carbocycles. The van der Waals surface area contributed by atoms with Crippen molar-refractivity contribution in [2.45, 2.75) is 12.8 Å². The molecular weight excluding hydrogens is 304 g/mol. The molecule has 0 spiro atoms. The van der Waals surface area contributed by atoms with Gasteiger partial charge in [0.25, 0.3) is 0 Å². The number of phenols is 1. The van der Waals surface area contributed by atoms with Crippen LogP contribution in [0.2, 0.25) is 0 Å². The van der Waals surface area contributed by atoms with Crippen LogP contribution in [0.5, 0.6) is 11.5 Å². The van der Waals surface area contributed by atoms with Gasteiger partial charge in [-0.2, -0.15) is 0 Å². The number of nitroso groups, excluding NO2 is 1. The Hall–Kier alpha value is -2.82. The van der Waals surface area contributed by atoms with E-state index in [0.29, 0.717) is 18.9 Å². The van der Waals surface area contributed by atoms with Crippen molar-refractivity contribution in [1.82, 2.24) is 4.98 Å². The zero-order chi connectivity index (χ0) is 17.1. The molecule has 0 aliphatic carbocycles. The minimum atomic E-state index is -0.122. The number of aromatic nitrogens is 1. The lowest BCUT2D eigenvalue weighted by atomic mass is 9.90. The van der Waals surface area contributed by atoms with E-state index in [0.717, 1.165) is 26.8 Å². The van der Waals surface area contributed by atoms with E-state index in [1.807, 2.05) is 49.5 Å². The van der Waals surface area contributed by atoms with Gasteiger partial charge in [0.05, 0.1) is 12.5 Å². The van der Waals surface area contributed by atoms with Crippen LogP contribution in [-0.4, -0.2) is 35.0 Å². The zero-order valence-electron chi connectivity index (χ0n) is 13.8. The Morgan fingerprint density at radius 1 is 1.25 bits per heavy atom. The Kier molecular flexibility index (Phi) is 4.51. The normalized spacial score (nSPS) is 12.2. The lowest BCUT2D eigenvalue weighted by Gasteiger charge is -2.15. The Bertz CT molecular complexity index is 870. The Morgan fingerprint density at radius 2 is 2.04 bits per heavy atom. The van der Waals surface area contributed by atoms with E-state index in [-0.39, 0.29) is 11.7 Å². The molecule has 0 aliphatic rings. The van der Waals surface area contributed by atoms with Gasteiger partial charge >= 0.3 is 0 Å². The van der Waals surface area contributed by atoms with Gasteiger partial charge in [-0.15, -0.1) is 0 Å². The fraction of sp³-hybridized carbons (Fsp3) is 0.263. The molecule has 5 nitrogen and oxygen atoms in total. The number of nitrogens with zero attached hydrogens (tertiary/aromatic N) is 1. The van der Waals surface area contributed by atoms with Crippen LogP contribution < -0.4 is 4.74 Å². The maximum atomic E-state index is 11.8. The van der Waals surface area contributed by atoms with Crippen molar-refractivity contribution in [2.75, 3.05) is 20.2 Å². The van der Waals surface area contributed by atoms with Crippen LogP contribution in [0, 0.1) is 4.91 Å². The summed E-state index contributed by atoms with van der Waals surface area (Å²) in [5.74, 6) is 0.422. The van der Waals surface area contributed by atoms with Gasteiger partial charge in [-0.05, 0) is 41.0 Å².